The molecule has 0 aromatic carbocycles. The second-order valence-electron chi connectivity index (χ2n) is 3.70. The Hall–Kier alpha value is -0.610. The molecule has 8 heteroatoms. The first kappa shape index (κ1) is 14.5. The lowest BCUT2D eigenvalue weighted by atomic mass is 10.0. The Morgan fingerprint density at radius 3 is 2.53 bits per heavy atom. The molecule has 17 heavy (non-hydrogen) atoms. The van der Waals surface area contributed by atoms with Gasteiger partial charge in [0.15, 0.2) is 0 Å². The molecule has 100 valence electrons. The van der Waals surface area contributed by atoms with Crippen LogP contribution in [-0.4, -0.2) is 81.8 Å². The molecule has 1 rings (SSSR count). The van der Waals surface area contributed by atoms with E-state index in [2.05, 4.69) is 0 Å². The van der Waals surface area contributed by atoms with Crippen molar-refractivity contribution in [3.8, 4) is 0 Å². The minimum absolute atomic E-state index is 0.367. The predicted octanol–water partition coefficient (Wildman–Crippen LogP) is -3.64. The molecule has 1 aliphatic rings. The largest absolute Gasteiger partial charge is 0.394 e. The van der Waals surface area contributed by atoms with Gasteiger partial charge in [-0.25, -0.2) is 0 Å². The van der Waals surface area contributed by atoms with Crippen LogP contribution in [0.1, 0.15) is 0 Å². The van der Waals surface area contributed by atoms with Crippen LogP contribution in [-0.2, 0) is 14.3 Å². The number of carbonyl (C=O) groups is 1. The van der Waals surface area contributed by atoms with E-state index < -0.39 is 49.7 Å². The summed E-state index contributed by atoms with van der Waals surface area (Å²) in [6, 6.07) is 0. The number of carbonyl (C=O) groups excluding carboxylic acids is 1. The van der Waals surface area contributed by atoms with Gasteiger partial charge in [0.05, 0.1) is 19.8 Å². The standard InChI is InChI=1S/C9H16O8/c10-1-4(12)3-16-9-8(15)7(14)6(13)5(2-11)17-9/h4-7,9-14H,1-3H2/t4?,5-,6-,7+,9?/m1/s1. The van der Waals surface area contributed by atoms with Crippen molar-refractivity contribution in [1.82, 2.24) is 0 Å². The van der Waals surface area contributed by atoms with Gasteiger partial charge in [-0.2, -0.15) is 0 Å². The number of hydrogen-bond acceptors (Lipinski definition) is 8. The lowest BCUT2D eigenvalue weighted by Gasteiger charge is -2.34. The third-order valence-corrected chi connectivity index (χ3v) is 2.36. The molecule has 0 aromatic rings. The van der Waals surface area contributed by atoms with E-state index >= 15 is 0 Å². The topological polar surface area (TPSA) is 137 Å². The highest BCUT2D eigenvalue weighted by atomic mass is 16.7. The summed E-state index contributed by atoms with van der Waals surface area (Å²) >= 11 is 0. The van der Waals surface area contributed by atoms with Crippen molar-refractivity contribution < 1.29 is 39.8 Å². The molecule has 5 N–H and O–H groups in total. The molecule has 1 fully saturated rings. The molecule has 2 unspecified atom stereocenters. The first-order chi connectivity index (χ1) is 8.01. The van der Waals surface area contributed by atoms with E-state index in [1.807, 2.05) is 0 Å². The smallest absolute Gasteiger partial charge is 0.221 e. The van der Waals surface area contributed by atoms with Crippen LogP contribution in [0.2, 0.25) is 0 Å². The van der Waals surface area contributed by atoms with Crippen molar-refractivity contribution in [3.63, 3.8) is 0 Å². The first-order valence-corrected chi connectivity index (χ1v) is 5.08. The number of Topliss-reactive ketones (excluding diaryl/α,β-unsaturated/α-hetero) is 1. The van der Waals surface area contributed by atoms with E-state index in [9.17, 15) is 15.0 Å². The number of aliphatic hydroxyl groups is 5. The van der Waals surface area contributed by atoms with Crippen molar-refractivity contribution in [2.24, 2.45) is 0 Å². The van der Waals surface area contributed by atoms with Crippen molar-refractivity contribution >= 4 is 5.78 Å². The average molecular weight is 252 g/mol. The fourth-order valence-corrected chi connectivity index (χ4v) is 1.34. The monoisotopic (exact) mass is 252 g/mol. The Morgan fingerprint density at radius 1 is 1.35 bits per heavy atom. The molecule has 0 aromatic heterocycles. The van der Waals surface area contributed by atoms with Gasteiger partial charge in [0.25, 0.3) is 0 Å². The fraction of sp³-hybridized carbons (Fsp3) is 0.889. The third-order valence-electron chi connectivity index (χ3n) is 2.36. The second kappa shape index (κ2) is 6.36. The molecule has 0 bridgehead atoms. The van der Waals surface area contributed by atoms with Crippen LogP contribution in [0, 0.1) is 0 Å². The van der Waals surface area contributed by atoms with E-state index in [0.29, 0.717) is 0 Å². The Morgan fingerprint density at radius 2 is 2.00 bits per heavy atom. The number of ketones is 1. The molecule has 1 heterocycles. The summed E-state index contributed by atoms with van der Waals surface area (Å²) in [4.78, 5) is 11.4. The highest BCUT2D eigenvalue weighted by Crippen LogP contribution is 2.18. The summed E-state index contributed by atoms with van der Waals surface area (Å²) in [5.41, 5.74) is 0. The normalized spacial score (nSPS) is 35.9. The molecular weight excluding hydrogens is 236 g/mol. The predicted molar refractivity (Wildman–Crippen MR) is 51.8 cm³/mol. The Labute approximate surface area is 97.0 Å². The maximum Gasteiger partial charge on any atom is 0.221 e. The van der Waals surface area contributed by atoms with Gasteiger partial charge >= 0.3 is 0 Å². The van der Waals surface area contributed by atoms with Crippen LogP contribution in [0.4, 0.5) is 0 Å². The zero-order valence-electron chi connectivity index (χ0n) is 8.97. The van der Waals surface area contributed by atoms with E-state index in [1.165, 1.54) is 0 Å². The Balaban J connectivity index is 2.56. The summed E-state index contributed by atoms with van der Waals surface area (Å²) < 4.78 is 9.74. The quantitative estimate of drug-likeness (QED) is 0.338. The van der Waals surface area contributed by atoms with Crippen LogP contribution >= 0.6 is 0 Å². The molecule has 0 spiro atoms. The van der Waals surface area contributed by atoms with Crippen molar-refractivity contribution in [3.05, 3.63) is 0 Å². The maximum atomic E-state index is 11.4. The van der Waals surface area contributed by atoms with Crippen molar-refractivity contribution in [2.75, 3.05) is 19.8 Å². The first-order valence-electron chi connectivity index (χ1n) is 5.08. The second-order valence-corrected chi connectivity index (χ2v) is 3.70. The molecule has 1 saturated heterocycles. The minimum Gasteiger partial charge on any atom is -0.394 e. The third kappa shape index (κ3) is 3.42. The summed E-state index contributed by atoms with van der Waals surface area (Å²) in [6.45, 7) is -1.50. The van der Waals surface area contributed by atoms with Crippen LogP contribution < -0.4 is 0 Å². The zero-order chi connectivity index (χ0) is 13.0. The van der Waals surface area contributed by atoms with E-state index in [4.69, 9.17) is 24.8 Å². The summed E-state index contributed by atoms with van der Waals surface area (Å²) in [5.74, 6) is -0.896. The van der Waals surface area contributed by atoms with E-state index in [0.717, 1.165) is 0 Å². The van der Waals surface area contributed by atoms with Gasteiger partial charge < -0.3 is 35.0 Å². The number of rotatable bonds is 5. The molecule has 5 atom stereocenters. The Kier molecular flexibility index (Phi) is 5.40. The average Bonchev–Trinajstić information content (AvgIpc) is 2.34. The van der Waals surface area contributed by atoms with Crippen LogP contribution in [0.3, 0.4) is 0 Å². The SMILES string of the molecule is O=C1C(OCC(O)CO)O[C@H](CO)[C@@H](O)[C@@H]1O. The molecule has 8 nitrogen and oxygen atoms in total. The lowest BCUT2D eigenvalue weighted by Crippen LogP contribution is -2.57. The summed E-state index contributed by atoms with van der Waals surface area (Å²) in [7, 11) is 0. The van der Waals surface area contributed by atoms with Crippen molar-refractivity contribution in [2.45, 2.75) is 30.7 Å². The van der Waals surface area contributed by atoms with Crippen LogP contribution in [0.5, 0.6) is 0 Å². The molecule has 0 radical (unpaired) electrons. The molecule has 0 aliphatic carbocycles. The number of ether oxygens (including phenoxy) is 2. The van der Waals surface area contributed by atoms with E-state index in [-0.39, 0.29) is 6.61 Å². The van der Waals surface area contributed by atoms with Crippen LogP contribution in [0.15, 0.2) is 0 Å². The highest BCUT2D eigenvalue weighted by molar-refractivity contribution is 5.87. The number of hydrogen-bond donors (Lipinski definition) is 5. The van der Waals surface area contributed by atoms with Gasteiger partial charge in [-0.1, -0.05) is 0 Å². The molecule has 0 amide bonds. The van der Waals surface area contributed by atoms with Gasteiger partial charge in [0.2, 0.25) is 12.1 Å². The number of aliphatic hydroxyl groups excluding tert-OH is 5. The van der Waals surface area contributed by atoms with Crippen LogP contribution in [0.25, 0.3) is 0 Å². The lowest BCUT2D eigenvalue weighted by molar-refractivity contribution is -0.244. The molecular formula is C9H16O8. The highest BCUT2D eigenvalue weighted by Gasteiger charge is 2.43. The fourth-order valence-electron chi connectivity index (χ4n) is 1.34. The van der Waals surface area contributed by atoms with Gasteiger partial charge in [0, 0.05) is 0 Å². The van der Waals surface area contributed by atoms with Gasteiger partial charge in [0.1, 0.15) is 24.4 Å². The van der Waals surface area contributed by atoms with Gasteiger partial charge in [-0.05, 0) is 0 Å². The molecule has 0 saturated carbocycles. The minimum atomic E-state index is -1.71. The molecule has 1 aliphatic heterocycles. The van der Waals surface area contributed by atoms with Gasteiger partial charge in [-0.3, -0.25) is 4.79 Å². The summed E-state index contributed by atoms with van der Waals surface area (Å²) in [6.07, 6.45) is -7.03. The Bertz CT molecular complexity index is 257. The zero-order valence-corrected chi connectivity index (χ0v) is 8.97. The van der Waals surface area contributed by atoms with E-state index in [1.54, 1.807) is 0 Å². The van der Waals surface area contributed by atoms with Crippen molar-refractivity contribution in [1.29, 1.82) is 0 Å². The summed E-state index contributed by atoms with van der Waals surface area (Å²) in [5, 5.41) is 45.1. The maximum absolute atomic E-state index is 11.4. The van der Waals surface area contributed by atoms with Gasteiger partial charge in [-0.15, -0.1) is 0 Å².